The molecule has 1 unspecified atom stereocenters. The maximum absolute atomic E-state index is 11.9. The number of rotatable bonds is 7. The monoisotopic (exact) mass is 288 g/mol. The first-order chi connectivity index (χ1) is 10.2. The lowest BCUT2D eigenvalue weighted by Gasteiger charge is -2.12. The van der Waals surface area contributed by atoms with Crippen molar-refractivity contribution >= 4 is 5.91 Å². The Labute approximate surface area is 123 Å². The fraction of sp³-hybridized carbons (Fsp3) is 0.400. The van der Waals surface area contributed by atoms with Crippen LogP contribution in [-0.2, 0) is 11.3 Å². The lowest BCUT2D eigenvalue weighted by Crippen LogP contribution is -2.35. The number of nitrogens with zero attached hydrogens (tertiary/aromatic N) is 3. The summed E-state index contributed by atoms with van der Waals surface area (Å²) in [4.78, 5) is 11.9. The Balaban J connectivity index is 1.89. The van der Waals surface area contributed by atoms with Crippen molar-refractivity contribution in [3.8, 4) is 11.3 Å². The first kappa shape index (κ1) is 15.2. The Bertz CT molecular complexity index is 568. The molecule has 0 saturated heterocycles. The van der Waals surface area contributed by atoms with E-state index in [1.165, 1.54) is 4.68 Å². The van der Waals surface area contributed by atoms with Gasteiger partial charge in [0.25, 0.3) is 0 Å². The van der Waals surface area contributed by atoms with E-state index in [0.717, 1.165) is 17.7 Å². The fourth-order valence-corrected chi connectivity index (χ4v) is 2.05. The van der Waals surface area contributed by atoms with Crippen LogP contribution in [0.15, 0.2) is 36.5 Å². The summed E-state index contributed by atoms with van der Waals surface area (Å²) in [6, 6.07) is 9.75. The molecule has 0 saturated carbocycles. The summed E-state index contributed by atoms with van der Waals surface area (Å²) in [6.07, 6.45) is 3.20. The van der Waals surface area contributed by atoms with Crippen molar-refractivity contribution in [2.45, 2.75) is 32.4 Å². The minimum atomic E-state index is -0.107. The number of benzene rings is 1. The molecule has 2 N–H and O–H groups in total. The topological polar surface area (TPSA) is 80.0 Å². The number of aliphatic hydroxyl groups is 1. The summed E-state index contributed by atoms with van der Waals surface area (Å²) in [5, 5.41) is 19.7. The lowest BCUT2D eigenvalue weighted by molar-refractivity contribution is -0.122. The van der Waals surface area contributed by atoms with Crippen LogP contribution >= 0.6 is 0 Å². The molecule has 0 aliphatic carbocycles. The van der Waals surface area contributed by atoms with E-state index in [9.17, 15) is 4.79 Å². The molecule has 1 heterocycles. The molecule has 0 aliphatic rings. The zero-order valence-corrected chi connectivity index (χ0v) is 12.1. The van der Waals surface area contributed by atoms with E-state index < -0.39 is 0 Å². The summed E-state index contributed by atoms with van der Waals surface area (Å²) in [5.74, 6) is -0.107. The lowest BCUT2D eigenvalue weighted by atomic mass is 10.2. The Morgan fingerprint density at radius 3 is 2.86 bits per heavy atom. The highest BCUT2D eigenvalue weighted by molar-refractivity contribution is 5.76. The van der Waals surface area contributed by atoms with Crippen LogP contribution in [0.1, 0.15) is 19.8 Å². The van der Waals surface area contributed by atoms with E-state index in [1.807, 2.05) is 37.3 Å². The molecule has 0 fully saturated rings. The second-order valence-corrected chi connectivity index (χ2v) is 5.00. The summed E-state index contributed by atoms with van der Waals surface area (Å²) in [6.45, 7) is 2.21. The summed E-state index contributed by atoms with van der Waals surface area (Å²) < 4.78 is 1.52. The average molecular weight is 288 g/mol. The predicted molar refractivity (Wildman–Crippen MR) is 79.4 cm³/mol. The smallest absolute Gasteiger partial charge is 0.242 e. The average Bonchev–Trinajstić information content (AvgIpc) is 2.94. The van der Waals surface area contributed by atoms with Crippen LogP contribution in [0.3, 0.4) is 0 Å². The Hall–Kier alpha value is -2.21. The van der Waals surface area contributed by atoms with E-state index in [-0.39, 0.29) is 25.1 Å². The predicted octanol–water partition coefficient (Wildman–Crippen LogP) is 1.22. The van der Waals surface area contributed by atoms with Crippen molar-refractivity contribution in [2.24, 2.45) is 0 Å². The van der Waals surface area contributed by atoms with Crippen molar-refractivity contribution in [1.82, 2.24) is 20.3 Å². The molecule has 112 valence electrons. The van der Waals surface area contributed by atoms with E-state index in [2.05, 4.69) is 15.6 Å². The molecule has 1 aromatic heterocycles. The van der Waals surface area contributed by atoms with Gasteiger partial charge in [0, 0.05) is 18.2 Å². The highest BCUT2D eigenvalue weighted by Crippen LogP contribution is 2.14. The van der Waals surface area contributed by atoms with Crippen molar-refractivity contribution in [3.63, 3.8) is 0 Å². The second-order valence-electron chi connectivity index (χ2n) is 5.00. The van der Waals surface area contributed by atoms with Gasteiger partial charge in [0.2, 0.25) is 5.91 Å². The van der Waals surface area contributed by atoms with Crippen molar-refractivity contribution < 1.29 is 9.90 Å². The number of aromatic nitrogens is 3. The number of carbonyl (C=O) groups is 1. The maximum Gasteiger partial charge on any atom is 0.242 e. The van der Waals surface area contributed by atoms with Gasteiger partial charge < -0.3 is 10.4 Å². The van der Waals surface area contributed by atoms with Gasteiger partial charge in [-0.1, -0.05) is 35.5 Å². The molecular weight excluding hydrogens is 268 g/mol. The number of hydrogen-bond acceptors (Lipinski definition) is 4. The molecule has 1 amide bonds. The summed E-state index contributed by atoms with van der Waals surface area (Å²) in [7, 11) is 0. The molecule has 0 spiro atoms. The van der Waals surface area contributed by atoms with Gasteiger partial charge >= 0.3 is 0 Å². The molecule has 6 nitrogen and oxygen atoms in total. The Morgan fingerprint density at radius 1 is 1.38 bits per heavy atom. The summed E-state index contributed by atoms with van der Waals surface area (Å²) in [5.41, 5.74) is 1.72. The number of amides is 1. The fourth-order valence-electron chi connectivity index (χ4n) is 2.05. The SMILES string of the molecule is CC(CCCO)NC(=O)Cn1cc(-c2ccccc2)nn1. The molecule has 0 radical (unpaired) electrons. The molecule has 1 aromatic carbocycles. The van der Waals surface area contributed by atoms with Gasteiger partial charge in [0.15, 0.2) is 0 Å². The van der Waals surface area contributed by atoms with Crippen LogP contribution in [0.5, 0.6) is 0 Å². The molecule has 2 rings (SSSR count). The Morgan fingerprint density at radius 2 is 2.14 bits per heavy atom. The molecule has 0 bridgehead atoms. The zero-order valence-electron chi connectivity index (χ0n) is 12.1. The van der Waals surface area contributed by atoms with Gasteiger partial charge in [-0.05, 0) is 19.8 Å². The quantitative estimate of drug-likeness (QED) is 0.803. The van der Waals surface area contributed by atoms with Crippen LogP contribution < -0.4 is 5.32 Å². The molecule has 6 heteroatoms. The van der Waals surface area contributed by atoms with Crippen molar-refractivity contribution in [1.29, 1.82) is 0 Å². The minimum absolute atomic E-state index is 0.0433. The number of hydrogen-bond donors (Lipinski definition) is 2. The standard InChI is InChI=1S/C15H20N4O2/c1-12(6-5-9-20)16-15(21)11-19-10-14(17-18-19)13-7-3-2-4-8-13/h2-4,7-8,10,12,20H,5-6,9,11H2,1H3,(H,16,21). The van der Waals surface area contributed by atoms with Gasteiger partial charge in [-0.2, -0.15) is 0 Å². The van der Waals surface area contributed by atoms with Gasteiger partial charge in [0.1, 0.15) is 12.2 Å². The van der Waals surface area contributed by atoms with Gasteiger partial charge in [-0.25, -0.2) is 4.68 Å². The van der Waals surface area contributed by atoms with E-state index >= 15 is 0 Å². The zero-order chi connectivity index (χ0) is 15.1. The van der Waals surface area contributed by atoms with E-state index in [4.69, 9.17) is 5.11 Å². The van der Waals surface area contributed by atoms with Gasteiger partial charge in [-0.15, -0.1) is 5.10 Å². The molecule has 1 atom stereocenters. The van der Waals surface area contributed by atoms with E-state index in [0.29, 0.717) is 6.42 Å². The number of aliphatic hydroxyl groups excluding tert-OH is 1. The third-order valence-corrected chi connectivity index (χ3v) is 3.12. The molecule has 21 heavy (non-hydrogen) atoms. The van der Waals surface area contributed by atoms with Gasteiger partial charge in [-0.3, -0.25) is 4.79 Å². The van der Waals surface area contributed by atoms with Crippen molar-refractivity contribution in [3.05, 3.63) is 36.5 Å². The first-order valence-corrected chi connectivity index (χ1v) is 7.05. The van der Waals surface area contributed by atoms with E-state index in [1.54, 1.807) is 6.20 Å². The highest BCUT2D eigenvalue weighted by atomic mass is 16.3. The maximum atomic E-state index is 11.9. The highest BCUT2D eigenvalue weighted by Gasteiger charge is 2.10. The summed E-state index contributed by atoms with van der Waals surface area (Å²) >= 11 is 0. The van der Waals surface area contributed by atoms with Crippen LogP contribution in [0.2, 0.25) is 0 Å². The largest absolute Gasteiger partial charge is 0.396 e. The van der Waals surface area contributed by atoms with Crippen LogP contribution in [0.25, 0.3) is 11.3 Å². The number of carbonyl (C=O) groups excluding carboxylic acids is 1. The van der Waals surface area contributed by atoms with Crippen LogP contribution in [0, 0.1) is 0 Å². The molecule has 2 aromatic rings. The molecule has 0 aliphatic heterocycles. The second kappa shape index (κ2) is 7.54. The van der Waals surface area contributed by atoms with Gasteiger partial charge in [0.05, 0.1) is 6.20 Å². The molecular formula is C15H20N4O2. The minimum Gasteiger partial charge on any atom is -0.396 e. The van der Waals surface area contributed by atoms with Crippen LogP contribution in [-0.4, -0.2) is 38.7 Å². The van der Waals surface area contributed by atoms with Crippen molar-refractivity contribution in [2.75, 3.05) is 6.61 Å². The Kier molecular flexibility index (Phi) is 5.45. The third-order valence-electron chi connectivity index (χ3n) is 3.12. The number of nitrogens with one attached hydrogen (secondary N) is 1. The normalized spacial score (nSPS) is 12.1. The first-order valence-electron chi connectivity index (χ1n) is 7.05. The van der Waals surface area contributed by atoms with Crippen LogP contribution in [0.4, 0.5) is 0 Å². The third kappa shape index (κ3) is 4.68.